The van der Waals surface area contributed by atoms with Gasteiger partial charge in [-0.2, -0.15) is 0 Å². The predicted molar refractivity (Wildman–Crippen MR) is 138 cm³/mol. The van der Waals surface area contributed by atoms with Crippen LogP contribution in [0.5, 0.6) is 11.5 Å². The number of rotatable bonds is 6. The van der Waals surface area contributed by atoms with Gasteiger partial charge in [0.05, 0.1) is 35.8 Å². The van der Waals surface area contributed by atoms with Crippen LogP contribution in [-0.2, 0) is 4.74 Å². The molecule has 1 unspecified atom stereocenters. The van der Waals surface area contributed by atoms with Crippen LogP contribution in [0.1, 0.15) is 0 Å². The largest absolute Gasteiger partial charge is 0.493 e. The number of benzene rings is 2. The summed E-state index contributed by atoms with van der Waals surface area (Å²) in [5.41, 5.74) is 1.43. The number of nitrogens with zero attached hydrogens (tertiary/aromatic N) is 4. The van der Waals surface area contributed by atoms with Crippen molar-refractivity contribution in [2.45, 2.75) is 6.10 Å². The van der Waals surface area contributed by atoms with Crippen molar-refractivity contribution < 1.29 is 14.2 Å². The molecule has 1 fully saturated rings. The van der Waals surface area contributed by atoms with Gasteiger partial charge in [0.25, 0.3) is 0 Å². The standard InChI is InChI=1S/C24H24Cl2N6O3/c1-4-28-24(27-2)32-7-8-34-16(12-32)13-35-22-11-20-17(10-21(22)33-3)23(30-14-29-20)31-15-5-6-18(25)19(26)9-15/h1,5-6,9-11,14,16H,7-8,12-13H2,2-3H3,(H,27,28)(H,29,30,31). The van der Waals surface area contributed by atoms with Gasteiger partial charge in [-0.15, -0.1) is 0 Å². The van der Waals surface area contributed by atoms with Gasteiger partial charge in [-0.1, -0.05) is 29.6 Å². The maximum absolute atomic E-state index is 6.14. The number of nitrogens with one attached hydrogen (secondary N) is 2. The Balaban J connectivity index is 1.52. The van der Waals surface area contributed by atoms with Gasteiger partial charge >= 0.3 is 0 Å². The lowest BCUT2D eigenvalue weighted by Gasteiger charge is -2.34. The zero-order valence-corrected chi connectivity index (χ0v) is 20.7. The second kappa shape index (κ2) is 11.3. The fourth-order valence-corrected chi connectivity index (χ4v) is 3.98. The second-order valence-electron chi connectivity index (χ2n) is 7.56. The first-order valence-electron chi connectivity index (χ1n) is 10.7. The first kappa shape index (κ1) is 24.7. The van der Waals surface area contributed by atoms with Crippen molar-refractivity contribution in [3.8, 4) is 24.0 Å². The number of morpholine rings is 1. The van der Waals surface area contributed by atoms with E-state index in [4.69, 9.17) is 43.8 Å². The van der Waals surface area contributed by atoms with Gasteiger partial charge in [0.1, 0.15) is 24.9 Å². The number of aromatic nitrogens is 2. The Morgan fingerprint density at radius 2 is 2.11 bits per heavy atom. The molecule has 11 heteroatoms. The number of halogens is 2. The van der Waals surface area contributed by atoms with Crippen LogP contribution in [0.15, 0.2) is 41.7 Å². The number of aliphatic imine (C=N–C) groups is 1. The lowest BCUT2D eigenvalue weighted by Crippen LogP contribution is -2.51. The van der Waals surface area contributed by atoms with Gasteiger partial charge in [0, 0.05) is 36.8 Å². The maximum Gasteiger partial charge on any atom is 0.205 e. The van der Waals surface area contributed by atoms with E-state index in [9.17, 15) is 0 Å². The van der Waals surface area contributed by atoms with Crippen molar-refractivity contribution in [3.63, 3.8) is 0 Å². The Kier molecular flexibility index (Phi) is 7.98. The highest BCUT2D eigenvalue weighted by Crippen LogP contribution is 2.35. The molecular formula is C24H24Cl2N6O3. The zero-order chi connectivity index (χ0) is 24.8. The van der Waals surface area contributed by atoms with Gasteiger partial charge in [0.2, 0.25) is 5.96 Å². The molecule has 3 aromatic rings. The van der Waals surface area contributed by atoms with Crippen LogP contribution >= 0.6 is 23.2 Å². The van der Waals surface area contributed by atoms with E-state index in [-0.39, 0.29) is 6.10 Å². The van der Waals surface area contributed by atoms with Gasteiger partial charge < -0.3 is 24.4 Å². The second-order valence-corrected chi connectivity index (χ2v) is 8.38. The molecule has 0 spiro atoms. The molecule has 0 amide bonds. The van der Waals surface area contributed by atoms with Crippen molar-refractivity contribution >= 4 is 51.6 Å². The van der Waals surface area contributed by atoms with E-state index < -0.39 is 0 Å². The molecule has 2 heterocycles. The normalized spacial score (nSPS) is 16.0. The van der Waals surface area contributed by atoms with Crippen molar-refractivity contribution in [2.24, 2.45) is 4.99 Å². The molecule has 1 aliphatic heterocycles. The van der Waals surface area contributed by atoms with E-state index in [1.165, 1.54) is 6.33 Å². The monoisotopic (exact) mass is 514 g/mol. The minimum Gasteiger partial charge on any atom is -0.493 e. The highest BCUT2D eigenvalue weighted by Gasteiger charge is 2.24. The third kappa shape index (κ3) is 5.80. The van der Waals surface area contributed by atoms with E-state index in [0.29, 0.717) is 65.1 Å². The SMILES string of the molecule is C#CNC(=NC)N1CCOC(COc2cc3ncnc(Nc4ccc(Cl)c(Cl)c4)c3cc2OC)C1. The van der Waals surface area contributed by atoms with Gasteiger partial charge in [0.15, 0.2) is 11.5 Å². The molecule has 0 radical (unpaired) electrons. The number of anilines is 2. The van der Waals surface area contributed by atoms with Gasteiger partial charge in [-0.25, -0.2) is 9.97 Å². The lowest BCUT2D eigenvalue weighted by molar-refractivity contribution is -0.0296. The first-order chi connectivity index (χ1) is 17.0. The minimum atomic E-state index is -0.183. The molecule has 0 saturated carbocycles. The molecule has 35 heavy (non-hydrogen) atoms. The third-order valence-corrected chi connectivity index (χ3v) is 6.10. The highest BCUT2D eigenvalue weighted by atomic mass is 35.5. The predicted octanol–water partition coefficient (Wildman–Crippen LogP) is 3.93. The van der Waals surface area contributed by atoms with E-state index in [1.807, 2.05) is 23.1 Å². The fourth-order valence-electron chi connectivity index (χ4n) is 3.68. The maximum atomic E-state index is 6.14. The highest BCUT2D eigenvalue weighted by molar-refractivity contribution is 6.42. The molecule has 0 bridgehead atoms. The average Bonchev–Trinajstić information content (AvgIpc) is 2.88. The van der Waals surface area contributed by atoms with E-state index in [0.717, 1.165) is 11.1 Å². The summed E-state index contributed by atoms with van der Waals surface area (Å²) in [5.74, 6) is 2.31. The smallest absolute Gasteiger partial charge is 0.205 e. The van der Waals surface area contributed by atoms with Crippen LogP contribution < -0.4 is 20.1 Å². The Hall–Kier alpha value is -3.45. The number of hydrogen-bond acceptors (Lipinski definition) is 7. The molecule has 9 nitrogen and oxygen atoms in total. The topological polar surface area (TPSA) is 93.1 Å². The van der Waals surface area contributed by atoms with Crippen molar-refractivity contribution in [1.82, 2.24) is 20.2 Å². The summed E-state index contributed by atoms with van der Waals surface area (Å²) in [7, 11) is 3.27. The van der Waals surface area contributed by atoms with Crippen LogP contribution in [0, 0.1) is 12.5 Å². The molecule has 1 aliphatic rings. The number of terminal acetylenes is 1. The van der Waals surface area contributed by atoms with E-state index in [1.54, 1.807) is 26.3 Å². The molecule has 0 aliphatic carbocycles. The quantitative estimate of drug-likeness (QED) is 0.221. The number of guanidine groups is 1. The molecular weight excluding hydrogens is 491 g/mol. The van der Waals surface area contributed by atoms with Crippen LogP contribution in [0.25, 0.3) is 10.9 Å². The Morgan fingerprint density at radius 1 is 1.26 bits per heavy atom. The number of methoxy groups -OCH3 is 1. The first-order valence-corrected chi connectivity index (χ1v) is 11.5. The minimum absolute atomic E-state index is 0.183. The summed E-state index contributed by atoms with van der Waals surface area (Å²) >= 11 is 12.2. The summed E-state index contributed by atoms with van der Waals surface area (Å²) in [4.78, 5) is 15.0. The number of hydrogen-bond donors (Lipinski definition) is 2. The average molecular weight is 515 g/mol. The summed E-state index contributed by atoms with van der Waals surface area (Å²) in [6, 6.07) is 11.3. The van der Waals surface area contributed by atoms with Crippen molar-refractivity contribution in [1.29, 1.82) is 0 Å². The molecule has 2 N–H and O–H groups in total. The Labute approximate surface area is 213 Å². The Morgan fingerprint density at radius 3 is 2.86 bits per heavy atom. The third-order valence-electron chi connectivity index (χ3n) is 5.36. The molecule has 1 atom stereocenters. The van der Waals surface area contributed by atoms with Crippen LogP contribution in [0.3, 0.4) is 0 Å². The van der Waals surface area contributed by atoms with Crippen LogP contribution in [0.2, 0.25) is 10.0 Å². The molecule has 4 rings (SSSR count). The Bertz CT molecular complexity index is 1280. The summed E-state index contributed by atoms with van der Waals surface area (Å²) in [5, 5.41) is 7.75. The summed E-state index contributed by atoms with van der Waals surface area (Å²) in [6.07, 6.45) is 6.65. The molecule has 2 aromatic carbocycles. The lowest BCUT2D eigenvalue weighted by atomic mass is 10.2. The van der Waals surface area contributed by atoms with Crippen LogP contribution in [0.4, 0.5) is 11.5 Å². The van der Waals surface area contributed by atoms with Crippen LogP contribution in [-0.4, -0.2) is 67.4 Å². The number of fused-ring (bicyclic) bond motifs is 1. The van der Waals surface area contributed by atoms with E-state index in [2.05, 4.69) is 31.6 Å². The van der Waals surface area contributed by atoms with Gasteiger partial charge in [-0.3, -0.25) is 10.3 Å². The van der Waals surface area contributed by atoms with Crippen molar-refractivity contribution in [2.75, 3.05) is 45.8 Å². The fraction of sp³-hybridized carbons (Fsp3) is 0.292. The molecule has 182 valence electrons. The van der Waals surface area contributed by atoms with E-state index >= 15 is 0 Å². The number of ether oxygens (including phenoxy) is 3. The summed E-state index contributed by atoms with van der Waals surface area (Å²) < 4.78 is 17.6. The molecule has 1 saturated heterocycles. The summed E-state index contributed by atoms with van der Waals surface area (Å²) in [6.45, 7) is 2.11. The van der Waals surface area contributed by atoms with Crippen molar-refractivity contribution in [3.05, 3.63) is 46.7 Å². The van der Waals surface area contributed by atoms with Gasteiger partial charge in [-0.05, 0) is 24.3 Å². The zero-order valence-electron chi connectivity index (χ0n) is 19.2. The molecule has 1 aromatic heterocycles.